The molecule has 2 heterocycles. The van der Waals surface area contributed by atoms with Gasteiger partial charge in [-0.2, -0.15) is 0 Å². The fourth-order valence-corrected chi connectivity index (χ4v) is 6.41. The van der Waals surface area contributed by atoms with Crippen LogP contribution in [0, 0.1) is 0 Å². The summed E-state index contributed by atoms with van der Waals surface area (Å²) in [7, 11) is 0. The minimum atomic E-state index is -0.618. The zero-order valence-electron chi connectivity index (χ0n) is 24.4. The van der Waals surface area contributed by atoms with Crippen molar-refractivity contribution in [2.45, 2.75) is 71.2 Å². The van der Waals surface area contributed by atoms with Crippen LogP contribution in [0.4, 0.5) is 0 Å². The summed E-state index contributed by atoms with van der Waals surface area (Å²) in [5.41, 5.74) is 19.7. The average molecular weight is 569 g/mol. The third-order valence-electron chi connectivity index (χ3n) is 8.37. The van der Waals surface area contributed by atoms with Crippen molar-refractivity contribution in [3.63, 3.8) is 0 Å². The SMILES string of the molecule is CC(C)OCc1ccc2c(c1)c1c3c[nH]c(O)c3c3c(c1n2CCCOC(=O)C(N)CCCCN)Cc1ccccc1-3. The van der Waals surface area contributed by atoms with Gasteiger partial charge >= 0.3 is 5.97 Å². The molecule has 5 aromatic rings. The molecule has 0 fully saturated rings. The number of esters is 1. The third-order valence-corrected chi connectivity index (χ3v) is 8.37. The molecular formula is C34H40N4O4. The van der Waals surface area contributed by atoms with E-state index in [0.29, 0.717) is 39.1 Å². The Morgan fingerprint density at radius 2 is 1.93 bits per heavy atom. The molecule has 0 amide bonds. The van der Waals surface area contributed by atoms with Gasteiger partial charge < -0.3 is 35.6 Å². The number of benzene rings is 3. The van der Waals surface area contributed by atoms with E-state index in [1.807, 2.05) is 20.0 Å². The van der Waals surface area contributed by atoms with Gasteiger partial charge in [-0.3, -0.25) is 4.79 Å². The first kappa shape index (κ1) is 28.3. The molecule has 3 aromatic carbocycles. The normalized spacial score (nSPS) is 13.4. The maximum absolute atomic E-state index is 12.5. The summed E-state index contributed by atoms with van der Waals surface area (Å²) in [6, 6.07) is 14.3. The largest absolute Gasteiger partial charge is 0.494 e. The van der Waals surface area contributed by atoms with Gasteiger partial charge in [-0.15, -0.1) is 0 Å². The number of ether oxygens (including phenoxy) is 2. The Morgan fingerprint density at radius 3 is 2.74 bits per heavy atom. The number of nitrogens with zero attached hydrogens (tertiary/aromatic N) is 1. The Balaban J connectivity index is 1.42. The van der Waals surface area contributed by atoms with Gasteiger partial charge in [0.15, 0.2) is 5.88 Å². The second-order valence-corrected chi connectivity index (χ2v) is 11.6. The summed E-state index contributed by atoms with van der Waals surface area (Å²) in [5.74, 6) is -0.167. The number of aryl methyl sites for hydroxylation is 1. The zero-order chi connectivity index (χ0) is 29.4. The highest BCUT2D eigenvalue weighted by Crippen LogP contribution is 2.50. The van der Waals surface area contributed by atoms with Crippen LogP contribution >= 0.6 is 0 Å². The molecule has 0 saturated carbocycles. The van der Waals surface area contributed by atoms with Gasteiger partial charge in [-0.25, -0.2) is 0 Å². The lowest BCUT2D eigenvalue weighted by Gasteiger charge is -2.14. The van der Waals surface area contributed by atoms with Gasteiger partial charge in [0.05, 0.1) is 30.2 Å². The van der Waals surface area contributed by atoms with Crippen molar-refractivity contribution in [3.05, 3.63) is 65.4 Å². The van der Waals surface area contributed by atoms with Crippen molar-refractivity contribution in [3.8, 4) is 17.0 Å². The van der Waals surface area contributed by atoms with Crippen LogP contribution < -0.4 is 11.5 Å². The number of carbonyl (C=O) groups is 1. The molecule has 2 aromatic heterocycles. The van der Waals surface area contributed by atoms with Crippen molar-refractivity contribution >= 4 is 38.5 Å². The minimum absolute atomic E-state index is 0.133. The fraction of sp³-hybridized carbons (Fsp3) is 0.382. The molecule has 8 heteroatoms. The number of H-pyrrole nitrogens is 1. The second-order valence-electron chi connectivity index (χ2n) is 11.6. The van der Waals surface area contributed by atoms with Crippen LogP contribution in [0.2, 0.25) is 0 Å². The lowest BCUT2D eigenvalue weighted by atomic mass is 9.96. The molecule has 0 bridgehead atoms. The van der Waals surface area contributed by atoms with E-state index in [1.165, 1.54) is 11.1 Å². The van der Waals surface area contributed by atoms with Crippen molar-refractivity contribution in [1.29, 1.82) is 0 Å². The van der Waals surface area contributed by atoms with Gasteiger partial charge in [-0.05, 0) is 74.0 Å². The molecule has 0 spiro atoms. The number of hydrogen-bond donors (Lipinski definition) is 4. The van der Waals surface area contributed by atoms with Gasteiger partial charge in [0.2, 0.25) is 0 Å². The van der Waals surface area contributed by atoms with Crippen molar-refractivity contribution < 1.29 is 19.4 Å². The standard InChI is InChI=1S/C34H40N4O4/c1-20(2)42-19-21-11-12-28-24(16-21)30-26-18-37-33(39)31(26)29-23-9-4-3-8-22(23)17-25(29)32(30)38(28)14-7-15-41-34(40)27(36)10-5-6-13-35/h3-4,8-9,11-12,16,18,20,27,37,39H,5-7,10,13-15,17,19,35-36H2,1-2H3. The van der Waals surface area contributed by atoms with Gasteiger partial charge in [-0.1, -0.05) is 36.8 Å². The molecule has 6 rings (SSSR count). The smallest absolute Gasteiger partial charge is 0.322 e. The number of hydrogen-bond acceptors (Lipinski definition) is 6. The molecule has 1 aliphatic carbocycles. The first-order valence-electron chi connectivity index (χ1n) is 15.0. The summed E-state index contributed by atoms with van der Waals surface area (Å²) in [4.78, 5) is 15.6. The predicted molar refractivity (Wildman–Crippen MR) is 168 cm³/mol. The summed E-state index contributed by atoms with van der Waals surface area (Å²) >= 11 is 0. The molecule has 1 aliphatic rings. The highest BCUT2D eigenvalue weighted by Gasteiger charge is 2.29. The van der Waals surface area contributed by atoms with Crippen LogP contribution in [-0.2, 0) is 33.8 Å². The molecule has 8 nitrogen and oxygen atoms in total. The Morgan fingerprint density at radius 1 is 1.10 bits per heavy atom. The Hall–Kier alpha value is -3.85. The van der Waals surface area contributed by atoms with Crippen LogP contribution in [0.3, 0.4) is 0 Å². The van der Waals surface area contributed by atoms with E-state index < -0.39 is 6.04 Å². The number of unbranched alkanes of at least 4 members (excludes halogenated alkanes) is 1. The number of aromatic nitrogens is 2. The number of fused-ring (bicyclic) bond motifs is 10. The van der Waals surface area contributed by atoms with E-state index in [4.69, 9.17) is 20.9 Å². The zero-order valence-corrected chi connectivity index (χ0v) is 24.4. The van der Waals surface area contributed by atoms with Crippen molar-refractivity contribution in [2.24, 2.45) is 11.5 Å². The van der Waals surface area contributed by atoms with Gasteiger partial charge in [0.25, 0.3) is 0 Å². The van der Waals surface area contributed by atoms with E-state index in [2.05, 4.69) is 52.0 Å². The van der Waals surface area contributed by atoms with Gasteiger partial charge in [0.1, 0.15) is 6.04 Å². The van der Waals surface area contributed by atoms with Crippen LogP contribution in [0.15, 0.2) is 48.7 Å². The summed E-state index contributed by atoms with van der Waals surface area (Å²) in [6.45, 7) is 6.16. The molecule has 42 heavy (non-hydrogen) atoms. The maximum atomic E-state index is 12.5. The molecule has 6 N–H and O–H groups in total. The number of carbonyl (C=O) groups excluding carboxylic acids is 1. The maximum Gasteiger partial charge on any atom is 0.322 e. The monoisotopic (exact) mass is 568 g/mol. The fourth-order valence-electron chi connectivity index (χ4n) is 6.41. The van der Waals surface area contributed by atoms with Crippen LogP contribution in [0.1, 0.15) is 56.2 Å². The molecular weight excluding hydrogens is 528 g/mol. The van der Waals surface area contributed by atoms with Gasteiger partial charge in [0, 0.05) is 46.4 Å². The number of nitrogens with two attached hydrogens (primary N) is 2. The van der Waals surface area contributed by atoms with E-state index >= 15 is 0 Å². The van der Waals surface area contributed by atoms with E-state index in [0.717, 1.165) is 68.5 Å². The highest BCUT2D eigenvalue weighted by molar-refractivity contribution is 6.27. The number of nitrogens with one attached hydrogen (secondary N) is 1. The third kappa shape index (κ3) is 5.04. The van der Waals surface area contributed by atoms with Crippen LogP contribution in [0.25, 0.3) is 43.7 Å². The van der Waals surface area contributed by atoms with Crippen molar-refractivity contribution in [1.82, 2.24) is 9.55 Å². The lowest BCUT2D eigenvalue weighted by Crippen LogP contribution is -2.32. The molecule has 0 aliphatic heterocycles. The number of aromatic amines is 1. The minimum Gasteiger partial charge on any atom is -0.494 e. The topological polar surface area (TPSA) is 129 Å². The molecule has 0 radical (unpaired) electrons. The number of aromatic hydroxyl groups is 1. The highest BCUT2D eigenvalue weighted by atomic mass is 16.5. The molecule has 0 saturated heterocycles. The van der Waals surface area contributed by atoms with Crippen molar-refractivity contribution in [2.75, 3.05) is 13.2 Å². The lowest BCUT2D eigenvalue weighted by molar-refractivity contribution is -0.145. The molecule has 1 unspecified atom stereocenters. The van der Waals surface area contributed by atoms with E-state index in [1.54, 1.807) is 0 Å². The summed E-state index contributed by atoms with van der Waals surface area (Å²) in [5, 5.41) is 15.1. The Bertz CT molecular complexity index is 1770. The molecule has 220 valence electrons. The van der Waals surface area contributed by atoms with E-state index in [9.17, 15) is 9.90 Å². The first-order chi connectivity index (χ1) is 20.4. The predicted octanol–water partition coefficient (Wildman–Crippen LogP) is 5.87. The number of rotatable bonds is 12. The quantitative estimate of drug-likeness (QED) is 0.108. The Labute approximate surface area is 245 Å². The van der Waals surface area contributed by atoms with Crippen LogP contribution in [0.5, 0.6) is 5.88 Å². The van der Waals surface area contributed by atoms with E-state index in [-0.39, 0.29) is 18.0 Å². The Kier molecular flexibility index (Phi) is 7.94. The summed E-state index contributed by atoms with van der Waals surface area (Å²) in [6.07, 6.45) is 5.73. The second kappa shape index (κ2) is 11.8. The van der Waals surface area contributed by atoms with Crippen LogP contribution in [-0.4, -0.2) is 45.9 Å². The molecule has 1 atom stereocenters. The first-order valence-corrected chi connectivity index (χ1v) is 15.0. The summed E-state index contributed by atoms with van der Waals surface area (Å²) < 4.78 is 13.9. The average Bonchev–Trinajstić information content (AvgIpc) is 3.65.